The zero-order chi connectivity index (χ0) is 16.3. The summed E-state index contributed by atoms with van der Waals surface area (Å²) in [6.45, 7) is 10.3. The third-order valence-corrected chi connectivity index (χ3v) is 3.58. The lowest BCUT2D eigenvalue weighted by Gasteiger charge is -2.29. The van der Waals surface area contributed by atoms with Gasteiger partial charge in [0, 0.05) is 24.3 Å². The van der Waals surface area contributed by atoms with Gasteiger partial charge in [-0.05, 0) is 57.3 Å². The predicted molar refractivity (Wildman–Crippen MR) is 89.8 cm³/mol. The largest absolute Gasteiger partial charge is 0.368 e. The summed E-state index contributed by atoms with van der Waals surface area (Å²) in [4.78, 5) is 13.9. The van der Waals surface area contributed by atoms with Crippen molar-refractivity contribution in [1.82, 2.24) is 9.97 Å². The Labute approximate surface area is 134 Å². The van der Waals surface area contributed by atoms with Crippen molar-refractivity contribution in [2.45, 2.75) is 26.8 Å². The molecule has 0 spiro atoms. The van der Waals surface area contributed by atoms with E-state index in [1.807, 2.05) is 26.8 Å². The number of aromatic nitrogens is 2. The highest BCUT2D eigenvalue weighted by Crippen LogP contribution is 2.36. The molecule has 1 heterocycles. The summed E-state index contributed by atoms with van der Waals surface area (Å²) in [6.07, 6.45) is 1.54. The van der Waals surface area contributed by atoms with Gasteiger partial charge in [0.15, 0.2) is 5.82 Å². The van der Waals surface area contributed by atoms with Crippen molar-refractivity contribution in [3.05, 3.63) is 35.5 Å². The Hall–Kier alpha value is -2.01. The molecule has 0 saturated heterocycles. The van der Waals surface area contributed by atoms with E-state index in [9.17, 15) is 4.39 Å². The van der Waals surface area contributed by atoms with E-state index in [1.54, 1.807) is 12.3 Å². The fourth-order valence-electron chi connectivity index (χ4n) is 2.42. The van der Waals surface area contributed by atoms with Gasteiger partial charge in [-0.3, -0.25) is 4.99 Å². The summed E-state index contributed by atoms with van der Waals surface area (Å²) >= 11 is 5.82. The molecule has 0 fully saturated rings. The van der Waals surface area contributed by atoms with E-state index < -0.39 is 5.82 Å². The molecule has 0 aliphatic rings. The molecule has 0 bridgehead atoms. The third kappa shape index (κ3) is 3.25. The van der Waals surface area contributed by atoms with E-state index in [1.165, 1.54) is 6.07 Å². The standard InChI is InChI=1S/C16H18ClFN4/c1-5-22(10(2)3)14-9-11(8-12(18)15(14)19-4)13-6-7-20-16(17)21-13/h6-10H,4-5H2,1-3H3. The number of nitrogens with zero attached hydrogens (tertiary/aromatic N) is 4. The highest BCUT2D eigenvalue weighted by atomic mass is 35.5. The van der Waals surface area contributed by atoms with Crippen LogP contribution in [0.4, 0.5) is 15.8 Å². The lowest BCUT2D eigenvalue weighted by molar-refractivity contribution is 0.627. The molecule has 2 rings (SSSR count). The molecule has 0 radical (unpaired) electrons. The Morgan fingerprint density at radius 2 is 2.14 bits per heavy atom. The van der Waals surface area contributed by atoms with Gasteiger partial charge >= 0.3 is 0 Å². The first-order chi connectivity index (χ1) is 10.5. The Balaban J connectivity index is 2.64. The van der Waals surface area contributed by atoms with Gasteiger partial charge in [0.25, 0.3) is 0 Å². The third-order valence-electron chi connectivity index (χ3n) is 3.40. The molecule has 4 nitrogen and oxygen atoms in total. The molecule has 1 aromatic carbocycles. The van der Waals surface area contributed by atoms with Crippen LogP contribution in [0, 0.1) is 5.82 Å². The zero-order valence-electron chi connectivity index (χ0n) is 12.8. The number of anilines is 1. The van der Waals surface area contributed by atoms with Gasteiger partial charge in [-0.25, -0.2) is 14.4 Å². The molecule has 1 aromatic heterocycles. The van der Waals surface area contributed by atoms with E-state index in [0.717, 1.165) is 6.54 Å². The number of halogens is 2. The molecular weight excluding hydrogens is 303 g/mol. The monoisotopic (exact) mass is 320 g/mol. The Kier molecular flexibility index (Phi) is 5.08. The molecular formula is C16H18ClFN4. The number of hydrogen-bond donors (Lipinski definition) is 0. The molecule has 0 amide bonds. The lowest BCUT2D eigenvalue weighted by atomic mass is 10.1. The van der Waals surface area contributed by atoms with Crippen LogP contribution in [0.2, 0.25) is 5.28 Å². The van der Waals surface area contributed by atoms with Gasteiger partial charge in [0.05, 0.1) is 11.4 Å². The van der Waals surface area contributed by atoms with E-state index in [-0.39, 0.29) is 17.0 Å². The second-order valence-corrected chi connectivity index (χ2v) is 5.41. The maximum absolute atomic E-state index is 14.4. The lowest BCUT2D eigenvalue weighted by Crippen LogP contribution is -2.30. The number of hydrogen-bond acceptors (Lipinski definition) is 4. The first-order valence-corrected chi connectivity index (χ1v) is 7.41. The van der Waals surface area contributed by atoms with Crippen LogP contribution in [0.15, 0.2) is 29.4 Å². The normalized spacial score (nSPS) is 10.8. The molecule has 116 valence electrons. The molecule has 0 saturated carbocycles. The van der Waals surface area contributed by atoms with Crippen molar-refractivity contribution in [1.29, 1.82) is 0 Å². The molecule has 0 aliphatic heterocycles. The van der Waals surface area contributed by atoms with Crippen molar-refractivity contribution in [2.24, 2.45) is 4.99 Å². The van der Waals surface area contributed by atoms with Gasteiger partial charge in [0.2, 0.25) is 5.28 Å². The van der Waals surface area contributed by atoms with E-state index in [4.69, 9.17) is 11.6 Å². The van der Waals surface area contributed by atoms with Gasteiger partial charge in [-0.2, -0.15) is 0 Å². The van der Waals surface area contributed by atoms with Crippen LogP contribution in [0.1, 0.15) is 20.8 Å². The minimum Gasteiger partial charge on any atom is -0.368 e. The summed E-state index contributed by atoms with van der Waals surface area (Å²) in [5.74, 6) is -0.434. The summed E-state index contributed by atoms with van der Waals surface area (Å²) in [5, 5.41) is 0.126. The number of benzene rings is 1. The molecule has 0 atom stereocenters. The van der Waals surface area contributed by atoms with Crippen LogP contribution >= 0.6 is 11.6 Å². The second-order valence-electron chi connectivity index (χ2n) is 5.07. The molecule has 2 aromatic rings. The smallest absolute Gasteiger partial charge is 0.222 e. The van der Waals surface area contributed by atoms with Gasteiger partial charge in [-0.15, -0.1) is 0 Å². The minimum atomic E-state index is -0.434. The van der Waals surface area contributed by atoms with Crippen molar-refractivity contribution in [2.75, 3.05) is 11.4 Å². The molecule has 0 unspecified atom stereocenters. The average molecular weight is 321 g/mol. The molecule has 0 N–H and O–H groups in total. The maximum Gasteiger partial charge on any atom is 0.222 e. The minimum absolute atomic E-state index is 0.126. The van der Waals surface area contributed by atoms with Crippen molar-refractivity contribution in [3.8, 4) is 11.3 Å². The maximum atomic E-state index is 14.4. The second kappa shape index (κ2) is 6.83. The Bertz CT molecular complexity index is 688. The highest BCUT2D eigenvalue weighted by Gasteiger charge is 2.18. The summed E-state index contributed by atoms with van der Waals surface area (Å²) in [5.41, 5.74) is 2.13. The molecule has 6 heteroatoms. The van der Waals surface area contributed by atoms with Crippen LogP contribution < -0.4 is 4.90 Å². The van der Waals surface area contributed by atoms with Crippen molar-refractivity contribution >= 4 is 29.7 Å². The Morgan fingerprint density at radius 1 is 1.41 bits per heavy atom. The quantitative estimate of drug-likeness (QED) is 0.601. The summed E-state index contributed by atoms with van der Waals surface area (Å²) < 4.78 is 14.4. The zero-order valence-corrected chi connectivity index (χ0v) is 13.6. The first-order valence-electron chi connectivity index (χ1n) is 7.03. The molecule has 22 heavy (non-hydrogen) atoms. The van der Waals surface area contributed by atoms with Gasteiger partial charge in [0.1, 0.15) is 5.69 Å². The van der Waals surface area contributed by atoms with Crippen LogP contribution in [-0.4, -0.2) is 29.3 Å². The predicted octanol–water partition coefficient (Wildman–Crippen LogP) is 4.50. The van der Waals surface area contributed by atoms with Crippen LogP contribution in [0.25, 0.3) is 11.3 Å². The van der Waals surface area contributed by atoms with Gasteiger partial charge in [-0.1, -0.05) is 0 Å². The van der Waals surface area contributed by atoms with Crippen LogP contribution in [-0.2, 0) is 0 Å². The van der Waals surface area contributed by atoms with E-state index in [0.29, 0.717) is 16.9 Å². The van der Waals surface area contributed by atoms with Crippen LogP contribution in [0.5, 0.6) is 0 Å². The van der Waals surface area contributed by atoms with Crippen LogP contribution in [0.3, 0.4) is 0 Å². The average Bonchev–Trinajstić information content (AvgIpc) is 2.47. The first kappa shape index (κ1) is 16.4. The fraction of sp³-hybridized carbons (Fsp3) is 0.312. The number of rotatable bonds is 5. The summed E-state index contributed by atoms with van der Waals surface area (Å²) in [6, 6.07) is 5.14. The summed E-state index contributed by atoms with van der Waals surface area (Å²) in [7, 11) is 0. The SMILES string of the molecule is C=Nc1c(F)cc(-c2ccnc(Cl)n2)cc1N(CC)C(C)C. The van der Waals surface area contributed by atoms with Crippen molar-refractivity contribution < 1.29 is 4.39 Å². The fourth-order valence-corrected chi connectivity index (χ4v) is 2.56. The highest BCUT2D eigenvalue weighted by molar-refractivity contribution is 6.28. The van der Waals surface area contributed by atoms with Crippen molar-refractivity contribution in [3.63, 3.8) is 0 Å². The number of aliphatic imine (C=N–C) groups is 1. The van der Waals surface area contributed by atoms with Gasteiger partial charge < -0.3 is 4.90 Å². The Morgan fingerprint density at radius 3 is 2.68 bits per heavy atom. The van der Waals surface area contributed by atoms with E-state index >= 15 is 0 Å². The topological polar surface area (TPSA) is 41.4 Å². The molecule has 0 aliphatic carbocycles. The van der Waals surface area contributed by atoms with E-state index in [2.05, 4.69) is 26.6 Å².